The number of Topliss-reactive ketones (excluding diaryl/α,β-unsaturated/α-hetero) is 1. The van der Waals surface area contributed by atoms with Crippen molar-refractivity contribution in [3.63, 3.8) is 0 Å². The van der Waals surface area contributed by atoms with Crippen LogP contribution in [0.1, 0.15) is 47.5 Å². The number of ketones is 1. The Labute approximate surface area is 182 Å². The summed E-state index contributed by atoms with van der Waals surface area (Å²) in [6.07, 6.45) is 2.04. The van der Waals surface area contributed by atoms with E-state index in [-0.39, 0.29) is 30.8 Å². The van der Waals surface area contributed by atoms with Crippen LogP contribution < -0.4 is 0 Å². The molecule has 0 aromatic carbocycles. The molecule has 2 bridgehead atoms. The van der Waals surface area contributed by atoms with Crippen LogP contribution in [0, 0.1) is 22.7 Å². The molecule has 4 N–H and O–H groups in total. The number of hydrogen-bond donors (Lipinski definition) is 4. The summed E-state index contributed by atoms with van der Waals surface area (Å²) in [5.41, 5.74) is -4.38. The van der Waals surface area contributed by atoms with Gasteiger partial charge < -0.3 is 25.2 Å². The van der Waals surface area contributed by atoms with Crippen molar-refractivity contribution in [2.24, 2.45) is 22.7 Å². The predicted octanol–water partition coefficient (Wildman–Crippen LogP) is 1.20. The van der Waals surface area contributed by atoms with Crippen LogP contribution in [0.25, 0.3) is 0 Å². The fraction of sp³-hybridized carbons (Fsp3) is 0.667. The third kappa shape index (κ3) is 2.55. The highest BCUT2D eigenvalue weighted by Gasteiger charge is 2.79. The van der Waals surface area contributed by atoms with Crippen LogP contribution >= 0.6 is 0 Å². The summed E-state index contributed by atoms with van der Waals surface area (Å²) in [7, 11) is 0. The zero-order valence-electron chi connectivity index (χ0n) is 18.7. The Balaban J connectivity index is 1.83. The summed E-state index contributed by atoms with van der Waals surface area (Å²) < 4.78 is 5.34. The molecule has 4 rings (SSSR count). The highest BCUT2D eigenvalue weighted by Crippen LogP contribution is 2.72. The lowest BCUT2D eigenvalue weighted by Gasteiger charge is -2.45. The van der Waals surface area contributed by atoms with Gasteiger partial charge in [-0.25, -0.2) is 4.79 Å². The number of carbonyl (C=O) groups excluding carboxylic acids is 2. The largest absolute Gasteiger partial charge is 0.458 e. The Bertz CT molecular complexity index is 944. The summed E-state index contributed by atoms with van der Waals surface area (Å²) in [4.78, 5) is 26.1. The molecule has 1 unspecified atom stereocenters. The van der Waals surface area contributed by atoms with Crippen LogP contribution in [-0.4, -0.2) is 62.2 Å². The summed E-state index contributed by atoms with van der Waals surface area (Å²) in [5, 5.41) is 45.3. The van der Waals surface area contributed by atoms with Crippen molar-refractivity contribution in [3.8, 4) is 0 Å². The van der Waals surface area contributed by atoms with Crippen molar-refractivity contribution >= 4 is 11.8 Å². The SMILES string of the molecule is C/C=C(/C)C(=O)OCC1=C[C@@H]2C(=O)[C@]3(C=C(C)[C@H](O)[C@@]3(O)[C@@H]1O)CC[C@]1(O)C2C1(C)C. The van der Waals surface area contributed by atoms with Gasteiger partial charge >= 0.3 is 5.97 Å². The first-order valence-corrected chi connectivity index (χ1v) is 10.8. The van der Waals surface area contributed by atoms with Gasteiger partial charge in [0.25, 0.3) is 0 Å². The van der Waals surface area contributed by atoms with Crippen molar-refractivity contribution in [3.05, 3.63) is 34.9 Å². The minimum absolute atomic E-state index is 0.110. The van der Waals surface area contributed by atoms with Gasteiger partial charge in [0.05, 0.1) is 11.0 Å². The number of esters is 1. The molecular formula is C24H32O7. The molecule has 7 heteroatoms. The van der Waals surface area contributed by atoms with E-state index in [1.54, 1.807) is 39.0 Å². The van der Waals surface area contributed by atoms with Gasteiger partial charge in [0.2, 0.25) is 0 Å². The van der Waals surface area contributed by atoms with Crippen LogP contribution in [0.2, 0.25) is 0 Å². The Hall–Kier alpha value is -1.80. The number of carbonyl (C=O) groups is 2. The molecule has 0 aromatic rings. The average molecular weight is 433 g/mol. The van der Waals surface area contributed by atoms with Crippen molar-refractivity contribution in [1.82, 2.24) is 0 Å². The first-order chi connectivity index (χ1) is 14.3. The minimum Gasteiger partial charge on any atom is -0.458 e. The van der Waals surface area contributed by atoms with Crippen LogP contribution in [0.4, 0.5) is 0 Å². The van der Waals surface area contributed by atoms with Gasteiger partial charge in [0, 0.05) is 22.8 Å². The molecule has 4 aliphatic rings. The van der Waals surface area contributed by atoms with E-state index < -0.39 is 52.0 Å². The maximum absolute atomic E-state index is 13.9. The van der Waals surface area contributed by atoms with Crippen molar-refractivity contribution in [2.45, 2.75) is 70.9 Å². The molecule has 0 saturated heterocycles. The van der Waals surface area contributed by atoms with Crippen molar-refractivity contribution < 1.29 is 34.8 Å². The summed E-state index contributed by atoms with van der Waals surface area (Å²) >= 11 is 0. The van der Waals surface area contributed by atoms with Gasteiger partial charge in [0.1, 0.15) is 24.4 Å². The van der Waals surface area contributed by atoms with E-state index in [4.69, 9.17) is 4.74 Å². The number of fused-ring (bicyclic) bond motifs is 3. The normalized spacial score (nSPS) is 45.6. The van der Waals surface area contributed by atoms with Crippen LogP contribution in [0.15, 0.2) is 34.9 Å². The smallest absolute Gasteiger partial charge is 0.333 e. The molecule has 7 atom stereocenters. The van der Waals surface area contributed by atoms with Crippen molar-refractivity contribution in [2.75, 3.05) is 6.61 Å². The molecule has 0 aliphatic heterocycles. The zero-order valence-corrected chi connectivity index (χ0v) is 18.7. The van der Waals surface area contributed by atoms with Crippen LogP contribution in [0.3, 0.4) is 0 Å². The molecule has 0 amide bonds. The fourth-order valence-electron chi connectivity index (χ4n) is 6.45. The molecule has 7 nitrogen and oxygen atoms in total. The lowest BCUT2D eigenvalue weighted by Crippen LogP contribution is -2.63. The lowest BCUT2D eigenvalue weighted by atomic mass is 9.63. The molecular weight excluding hydrogens is 400 g/mol. The van der Waals surface area contributed by atoms with E-state index in [2.05, 4.69) is 0 Å². The maximum Gasteiger partial charge on any atom is 0.333 e. The van der Waals surface area contributed by atoms with E-state index in [0.29, 0.717) is 11.1 Å². The molecule has 31 heavy (non-hydrogen) atoms. The van der Waals surface area contributed by atoms with Gasteiger partial charge in [-0.05, 0) is 44.8 Å². The van der Waals surface area contributed by atoms with E-state index >= 15 is 0 Å². The Morgan fingerprint density at radius 1 is 1.23 bits per heavy atom. The first-order valence-electron chi connectivity index (χ1n) is 10.8. The fourth-order valence-corrected chi connectivity index (χ4v) is 6.45. The van der Waals surface area contributed by atoms with Gasteiger partial charge in [-0.15, -0.1) is 0 Å². The standard InChI is InChI=1S/C24H32O7/c1-6-12(2)20(28)31-11-14-9-15-16-21(4,5)23(16,29)8-7-22(19(15)27)10-13(3)17(25)24(22,30)18(14)26/h6,9-10,15-18,25-26,29-30H,7-8,11H2,1-5H3/b12-6-/t15-,16?,17-,18+,22+,23-,24+/m0/s1. The van der Waals surface area contributed by atoms with Gasteiger partial charge in [-0.2, -0.15) is 0 Å². The second-order valence-corrected chi connectivity index (χ2v) is 10.3. The second kappa shape index (κ2) is 6.61. The quantitative estimate of drug-likeness (QED) is 0.300. The lowest BCUT2D eigenvalue weighted by molar-refractivity contribution is -0.182. The number of rotatable bonds is 3. The third-order valence-corrected chi connectivity index (χ3v) is 8.65. The topological polar surface area (TPSA) is 124 Å². The number of aliphatic hydroxyl groups is 4. The predicted molar refractivity (Wildman–Crippen MR) is 112 cm³/mol. The Kier molecular flexibility index (Phi) is 4.77. The van der Waals surface area contributed by atoms with Gasteiger partial charge in [0.15, 0.2) is 5.78 Å². The highest BCUT2D eigenvalue weighted by molar-refractivity contribution is 5.95. The summed E-state index contributed by atoms with van der Waals surface area (Å²) in [6, 6.07) is 0. The van der Waals surface area contributed by atoms with E-state index in [1.165, 1.54) is 0 Å². The number of aliphatic hydroxyl groups excluding tert-OH is 2. The monoisotopic (exact) mass is 432 g/mol. The number of ether oxygens (including phenoxy) is 1. The number of allylic oxidation sites excluding steroid dienone is 2. The average Bonchev–Trinajstić information content (AvgIpc) is 3.14. The second-order valence-electron chi connectivity index (χ2n) is 10.3. The Morgan fingerprint density at radius 3 is 2.48 bits per heavy atom. The molecule has 0 heterocycles. The highest BCUT2D eigenvalue weighted by atomic mass is 16.5. The zero-order chi connectivity index (χ0) is 23.1. The first kappa shape index (κ1) is 22.4. The Morgan fingerprint density at radius 2 is 1.87 bits per heavy atom. The van der Waals surface area contributed by atoms with E-state index in [0.717, 1.165) is 0 Å². The minimum atomic E-state index is -2.20. The molecule has 0 aromatic heterocycles. The molecule has 2 saturated carbocycles. The molecule has 1 spiro atoms. The van der Waals surface area contributed by atoms with Gasteiger partial charge in [-0.3, -0.25) is 4.79 Å². The van der Waals surface area contributed by atoms with Gasteiger partial charge in [-0.1, -0.05) is 32.1 Å². The molecule has 4 aliphatic carbocycles. The molecule has 0 radical (unpaired) electrons. The molecule has 2 fully saturated rings. The summed E-state index contributed by atoms with van der Waals surface area (Å²) in [6.45, 7) is 8.40. The molecule has 170 valence electrons. The van der Waals surface area contributed by atoms with Crippen molar-refractivity contribution in [1.29, 1.82) is 0 Å². The third-order valence-electron chi connectivity index (χ3n) is 8.65. The van der Waals surface area contributed by atoms with Crippen LogP contribution in [-0.2, 0) is 14.3 Å². The summed E-state index contributed by atoms with van der Waals surface area (Å²) in [5.74, 6) is -2.06. The van der Waals surface area contributed by atoms with E-state index in [9.17, 15) is 30.0 Å². The van der Waals surface area contributed by atoms with Crippen LogP contribution in [0.5, 0.6) is 0 Å². The number of hydrogen-bond acceptors (Lipinski definition) is 7. The van der Waals surface area contributed by atoms with E-state index in [1.807, 2.05) is 13.8 Å². The maximum atomic E-state index is 13.9.